The van der Waals surface area contributed by atoms with Crippen LogP contribution in [0.4, 0.5) is 0 Å². The maximum absolute atomic E-state index is 12.5. The zero-order valence-corrected chi connectivity index (χ0v) is 14.5. The highest BCUT2D eigenvalue weighted by Gasteiger charge is 2.36. The van der Waals surface area contributed by atoms with Crippen molar-refractivity contribution < 1.29 is 33.6 Å². The molecule has 9 heteroatoms. The van der Waals surface area contributed by atoms with Crippen LogP contribution < -0.4 is 10.2 Å². The lowest BCUT2D eigenvalue weighted by Crippen LogP contribution is -2.32. The van der Waals surface area contributed by atoms with Gasteiger partial charge in [-0.2, -0.15) is 0 Å². The number of carbonyl (C=O) groups is 2. The third-order valence-electron chi connectivity index (χ3n) is 3.76. The number of pyridine rings is 1. The number of rotatable bonds is 6. The quantitative estimate of drug-likeness (QED) is 0.754. The highest BCUT2D eigenvalue weighted by Crippen LogP contribution is 2.31. The number of aromatic nitrogens is 1. The van der Waals surface area contributed by atoms with E-state index in [9.17, 15) is 19.5 Å². The van der Waals surface area contributed by atoms with Crippen LogP contribution in [-0.2, 0) is 14.2 Å². The van der Waals surface area contributed by atoms with E-state index in [1.807, 2.05) is 0 Å². The number of methoxy groups -OCH3 is 2. The van der Waals surface area contributed by atoms with Gasteiger partial charge < -0.3 is 28.6 Å². The second-order valence-electron chi connectivity index (χ2n) is 5.75. The summed E-state index contributed by atoms with van der Waals surface area (Å²) in [6.45, 7) is 3.68. The zero-order valence-electron chi connectivity index (χ0n) is 14.5. The Morgan fingerprint density at radius 3 is 2.56 bits per heavy atom. The smallest absolute Gasteiger partial charge is 0.359 e. The molecule has 25 heavy (non-hydrogen) atoms. The molecule has 1 aromatic heterocycles. The SMILES string of the molecule is COc1c(C(=O)OC(C)C)n([C@@H]2CCOC2OC)cc(C(=O)O)c1=O. The van der Waals surface area contributed by atoms with E-state index >= 15 is 0 Å². The van der Waals surface area contributed by atoms with Gasteiger partial charge in [-0.1, -0.05) is 0 Å². The minimum atomic E-state index is -1.42. The fourth-order valence-corrected chi connectivity index (χ4v) is 2.73. The number of hydrogen-bond acceptors (Lipinski definition) is 7. The first-order valence-corrected chi connectivity index (χ1v) is 7.73. The molecular formula is C16H21NO8. The molecule has 0 aromatic carbocycles. The van der Waals surface area contributed by atoms with Crippen LogP contribution >= 0.6 is 0 Å². The van der Waals surface area contributed by atoms with E-state index in [0.717, 1.165) is 6.20 Å². The van der Waals surface area contributed by atoms with E-state index in [0.29, 0.717) is 13.0 Å². The minimum absolute atomic E-state index is 0.163. The largest absolute Gasteiger partial charge is 0.491 e. The lowest BCUT2D eigenvalue weighted by atomic mass is 10.1. The number of ether oxygens (including phenoxy) is 4. The van der Waals surface area contributed by atoms with Crippen LogP contribution in [0, 0.1) is 0 Å². The first-order chi connectivity index (χ1) is 11.8. The molecule has 2 rings (SSSR count). The van der Waals surface area contributed by atoms with E-state index < -0.39 is 41.4 Å². The Hall–Kier alpha value is -2.39. The van der Waals surface area contributed by atoms with Crippen molar-refractivity contribution >= 4 is 11.9 Å². The van der Waals surface area contributed by atoms with Crippen molar-refractivity contribution in [2.24, 2.45) is 0 Å². The van der Waals surface area contributed by atoms with Crippen LogP contribution in [0.1, 0.15) is 47.2 Å². The average Bonchev–Trinajstić information content (AvgIpc) is 3.01. The van der Waals surface area contributed by atoms with Gasteiger partial charge >= 0.3 is 11.9 Å². The normalized spacial score (nSPS) is 19.9. The predicted octanol–water partition coefficient (Wildman–Crippen LogP) is 1.05. The Kier molecular flexibility index (Phi) is 5.81. The van der Waals surface area contributed by atoms with Crippen LogP contribution in [0.25, 0.3) is 0 Å². The molecule has 0 radical (unpaired) electrons. The highest BCUT2D eigenvalue weighted by molar-refractivity contribution is 5.93. The number of nitrogens with zero attached hydrogens (tertiary/aromatic N) is 1. The molecule has 1 aromatic rings. The summed E-state index contributed by atoms with van der Waals surface area (Å²) in [5.74, 6) is -2.59. The summed E-state index contributed by atoms with van der Waals surface area (Å²) in [6.07, 6.45) is 0.443. The number of carboxylic acid groups (broad SMARTS) is 1. The lowest BCUT2D eigenvalue weighted by molar-refractivity contribution is -0.106. The third-order valence-corrected chi connectivity index (χ3v) is 3.76. The topological polar surface area (TPSA) is 113 Å². The van der Waals surface area contributed by atoms with Gasteiger partial charge in [0.15, 0.2) is 17.7 Å². The average molecular weight is 355 g/mol. The van der Waals surface area contributed by atoms with E-state index in [1.165, 1.54) is 18.8 Å². The molecule has 1 aliphatic rings. The molecule has 138 valence electrons. The number of hydrogen-bond donors (Lipinski definition) is 1. The van der Waals surface area contributed by atoms with Gasteiger partial charge in [0.05, 0.1) is 25.9 Å². The van der Waals surface area contributed by atoms with Crippen molar-refractivity contribution in [3.63, 3.8) is 0 Å². The van der Waals surface area contributed by atoms with Crippen molar-refractivity contribution in [1.82, 2.24) is 4.57 Å². The lowest BCUT2D eigenvalue weighted by Gasteiger charge is -2.25. The van der Waals surface area contributed by atoms with Crippen LogP contribution in [0.2, 0.25) is 0 Å². The maximum atomic E-state index is 12.5. The van der Waals surface area contributed by atoms with Crippen LogP contribution in [0.5, 0.6) is 5.75 Å². The number of aromatic carboxylic acids is 1. The van der Waals surface area contributed by atoms with Crippen molar-refractivity contribution in [3.05, 3.63) is 27.7 Å². The molecule has 0 aliphatic carbocycles. The van der Waals surface area contributed by atoms with Crippen molar-refractivity contribution in [2.75, 3.05) is 20.8 Å². The summed E-state index contributed by atoms with van der Waals surface area (Å²) in [4.78, 5) is 36.4. The van der Waals surface area contributed by atoms with E-state index in [4.69, 9.17) is 18.9 Å². The van der Waals surface area contributed by atoms with Gasteiger partial charge in [0.25, 0.3) is 0 Å². The molecule has 0 spiro atoms. The van der Waals surface area contributed by atoms with Gasteiger partial charge in [0.1, 0.15) is 5.56 Å². The van der Waals surface area contributed by atoms with Crippen LogP contribution in [0.3, 0.4) is 0 Å². The molecule has 2 atom stereocenters. The van der Waals surface area contributed by atoms with Gasteiger partial charge in [-0.3, -0.25) is 4.79 Å². The summed E-state index contributed by atoms with van der Waals surface area (Å²) >= 11 is 0. The van der Waals surface area contributed by atoms with Gasteiger partial charge in [-0.15, -0.1) is 0 Å². The predicted molar refractivity (Wildman–Crippen MR) is 85.2 cm³/mol. The Labute approximate surface area is 144 Å². The molecule has 0 saturated carbocycles. The molecule has 0 bridgehead atoms. The summed E-state index contributed by atoms with van der Waals surface area (Å²) in [7, 11) is 2.63. The minimum Gasteiger partial charge on any atom is -0.491 e. The number of esters is 1. The molecule has 1 N–H and O–H groups in total. The molecule has 9 nitrogen and oxygen atoms in total. The molecule has 1 unspecified atom stereocenters. The molecular weight excluding hydrogens is 334 g/mol. The standard InChI is InChI=1S/C16H21NO8/c1-8(2)25-15(21)11-13(22-3)12(18)9(14(19)20)7-17(11)10-5-6-24-16(10)23-4/h7-8,10,16H,5-6H2,1-4H3,(H,19,20)/t10-,16?/m1/s1. The highest BCUT2D eigenvalue weighted by atomic mass is 16.7. The monoisotopic (exact) mass is 355 g/mol. The fraction of sp³-hybridized carbons (Fsp3) is 0.562. The maximum Gasteiger partial charge on any atom is 0.359 e. The summed E-state index contributed by atoms with van der Waals surface area (Å²) in [5, 5.41) is 9.30. The molecule has 0 amide bonds. The number of carbonyl (C=O) groups excluding carboxylic acids is 1. The summed E-state index contributed by atoms with van der Waals surface area (Å²) < 4.78 is 22.3. The Morgan fingerprint density at radius 1 is 1.36 bits per heavy atom. The van der Waals surface area contributed by atoms with Crippen molar-refractivity contribution in [2.45, 2.75) is 38.7 Å². The number of carboxylic acids is 1. The molecule has 1 saturated heterocycles. The van der Waals surface area contributed by atoms with Crippen LogP contribution in [-0.4, -0.2) is 54.8 Å². The molecule has 1 aliphatic heterocycles. The van der Waals surface area contributed by atoms with E-state index in [-0.39, 0.29) is 11.4 Å². The Bertz CT molecular complexity index is 724. The van der Waals surface area contributed by atoms with Crippen molar-refractivity contribution in [1.29, 1.82) is 0 Å². The third kappa shape index (κ3) is 3.67. The van der Waals surface area contributed by atoms with Crippen LogP contribution in [0.15, 0.2) is 11.0 Å². The van der Waals surface area contributed by atoms with Gasteiger partial charge in [-0.25, -0.2) is 9.59 Å². The van der Waals surface area contributed by atoms with E-state index in [1.54, 1.807) is 13.8 Å². The fourth-order valence-electron chi connectivity index (χ4n) is 2.73. The van der Waals surface area contributed by atoms with Crippen molar-refractivity contribution in [3.8, 4) is 5.75 Å². The Balaban J connectivity index is 2.73. The zero-order chi connectivity index (χ0) is 18.7. The first-order valence-electron chi connectivity index (χ1n) is 7.73. The summed E-state index contributed by atoms with van der Waals surface area (Å²) in [5.41, 5.74) is -1.57. The second-order valence-corrected chi connectivity index (χ2v) is 5.75. The van der Waals surface area contributed by atoms with Gasteiger partial charge in [0, 0.05) is 13.3 Å². The van der Waals surface area contributed by atoms with E-state index in [2.05, 4.69) is 0 Å². The van der Waals surface area contributed by atoms with Gasteiger partial charge in [-0.05, 0) is 20.3 Å². The Morgan fingerprint density at radius 2 is 2.04 bits per heavy atom. The molecule has 2 heterocycles. The molecule has 1 fully saturated rings. The first kappa shape index (κ1) is 18.9. The summed E-state index contributed by atoms with van der Waals surface area (Å²) in [6, 6.07) is -0.507. The second kappa shape index (κ2) is 7.66. The van der Waals surface area contributed by atoms with Gasteiger partial charge in [0.2, 0.25) is 5.43 Å².